The van der Waals surface area contributed by atoms with Gasteiger partial charge in [-0.25, -0.2) is 0 Å². The summed E-state index contributed by atoms with van der Waals surface area (Å²) in [5.41, 5.74) is 1.30. The van der Waals surface area contributed by atoms with E-state index < -0.39 is 0 Å². The Kier molecular flexibility index (Phi) is 12.9. The molecule has 6 heteroatoms. The normalized spacial score (nSPS) is 10.6. The number of esters is 2. The molecule has 0 aliphatic heterocycles. The van der Waals surface area contributed by atoms with Crippen LogP contribution in [0.1, 0.15) is 83.0 Å². The minimum absolute atomic E-state index is 0.126. The molecule has 1 aromatic rings. The second-order valence-corrected chi connectivity index (χ2v) is 6.74. The Labute approximate surface area is 163 Å². The van der Waals surface area contributed by atoms with E-state index in [9.17, 15) is 9.59 Å². The van der Waals surface area contributed by atoms with Crippen molar-refractivity contribution in [1.29, 1.82) is 0 Å². The highest BCUT2D eigenvalue weighted by Gasteiger charge is 2.08. The minimum Gasteiger partial charge on any atom is -0.466 e. The number of aromatic nitrogens is 2. The first-order valence-electron chi connectivity index (χ1n) is 10.3. The maximum atomic E-state index is 11.8. The van der Waals surface area contributed by atoms with Gasteiger partial charge in [-0.3, -0.25) is 19.6 Å². The van der Waals surface area contributed by atoms with Gasteiger partial charge in [-0.15, -0.1) is 0 Å². The largest absolute Gasteiger partial charge is 0.466 e. The second kappa shape index (κ2) is 15.1. The molecule has 0 N–H and O–H groups in total. The molecule has 0 unspecified atom stereocenters. The van der Waals surface area contributed by atoms with Gasteiger partial charge in [0.2, 0.25) is 0 Å². The molecule has 1 rings (SSSR count). The number of ether oxygens (including phenoxy) is 2. The van der Waals surface area contributed by atoms with Gasteiger partial charge in [-0.2, -0.15) is 0 Å². The molecule has 6 nitrogen and oxygen atoms in total. The lowest BCUT2D eigenvalue weighted by molar-refractivity contribution is -0.144. The van der Waals surface area contributed by atoms with Crippen molar-refractivity contribution in [3.05, 3.63) is 23.8 Å². The summed E-state index contributed by atoms with van der Waals surface area (Å²) in [7, 11) is 0. The van der Waals surface area contributed by atoms with Gasteiger partial charge >= 0.3 is 11.9 Å². The number of carbonyl (C=O) groups excluding carboxylic acids is 2. The van der Waals surface area contributed by atoms with Crippen molar-refractivity contribution in [2.45, 2.75) is 84.5 Å². The third-order valence-corrected chi connectivity index (χ3v) is 4.19. The summed E-state index contributed by atoms with van der Waals surface area (Å²) >= 11 is 0. The van der Waals surface area contributed by atoms with Crippen LogP contribution in [-0.4, -0.2) is 35.1 Å². The van der Waals surface area contributed by atoms with Crippen LogP contribution in [0.3, 0.4) is 0 Å². The molecule has 0 radical (unpaired) electrons. The number of hydrogen-bond donors (Lipinski definition) is 0. The monoisotopic (exact) mass is 378 g/mol. The van der Waals surface area contributed by atoms with Crippen LogP contribution in [0.4, 0.5) is 0 Å². The molecular formula is C21H34N2O4. The fraction of sp³-hybridized carbons (Fsp3) is 0.714. The molecule has 0 aliphatic rings. The van der Waals surface area contributed by atoms with Gasteiger partial charge in [0.25, 0.3) is 0 Å². The van der Waals surface area contributed by atoms with E-state index >= 15 is 0 Å². The number of aryl methyl sites for hydroxylation is 1. The molecule has 0 bridgehead atoms. The highest BCUT2D eigenvalue weighted by atomic mass is 16.5. The highest BCUT2D eigenvalue weighted by Crippen LogP contribution is 2.05. The zero-order chi connectivity index (χ0) is 19.7. The Morgan fingerprint density at radius 3 is 1.89 bits per heavy atom. The molecular weight excluding hydrogens is 344 g/mol. The summed E-state index contributed by atoms with van der Waals surface area (Å²) < 4.78 is 10.4. The molecule has 0 fully saturated rings. The number of unbranched alkanes of at least 4 members (excludes halogenated alkanes) is 6. The van der Waals surface area contributed by atoms with E-state index in [4.69, 9.17) is 9.47 Å². The standard InChI is InChI=1S/C21H34N2O4/c1-3-5-7-9-13-26-20(24)12-11-18-16-23-19(17-22-18)15-21(25)27-14-10-8-6-4-2/h16-17H,3-15H2,1-2H3. The maximum Gasteiger partial charge on any atom is 0.311 e. The first-order chi connectivity index (χ1) is 13.2. The van der Waals surface area contributed by atoms with Gasteiger partial charge < -0.3 is 9.47 Å². The van der Waals surface area contributed by atoms with Crippen LogP contribution in [0.2, 0.25) is 0 Å². The average Bonchev–Trinajstić information content (AvgIpc) is 2.67. The van der Waals surface area contributed by atoms with Crippen LogP contribution in [0.5, 0.6) is 0 Å². The van der Waals surface area contributed by atoms with E-state index in [1.165, 1.54) is 12.8 Å². The molecule has 0 saturated carbocycles. The molecule has 0 saturated heterocycles. The Balaban J connectivity index is 2.19. The molecule has 152 valence electrons. The highest BCUT2D eigenvalue weighted by molar-refractivity contribution is 5.71. The number of nitrogens with zero attached hydrogens (tertiary/aromatic N) is 2. The predicted molar refractivity (Wildman–Crippen MR) is 104 cm³/mol. The smallest absolute Gasteiger partial charge is 0.311 e. The van der Waals surface area contributed by atoms with E-state index in [0.29, 0.717) is 31.7 Å². The number of carbonyl (C=O) groups is 2. The summed E-state index contributed by atoms with van der Waals surface area (Å²) in [6, 6.07) is 0. The van der Waals surface area contributed by atoms with Crippen LogP contribution in [0.25, 0.3) is 0 Å². The molecule has 0 spiro atoms. The average molecular weight is 379 g/mol. The van der Waals surface area contributed by atoms with Crippen molar-refractivity contribution >= 4 is 11.9 Å². The molecule has 27 heavy (non-hydrogen) atoms. The van der Waals surface area contributed by atoms with Crippen LogP contribution in [0.15, 0.2) is 12.4 Å². The van der Waals surface area contributed by atoms with E-state index in [0.717, 1.165) is 44.2 Å². The molecule has 1 heterocycles. The zero-order valence-electron chi connectivity index (χ0n) is 16.9. The van der Waals surface area contributed by atoms with Gasteiger partial charge in [-0.1, -0.05) is 52.4 Å². The number of rotatable bonds is 15. The maximum absolute atomic E-state index is 11.8. The predicted octanol–water partition coefficient (Wildman–Crippen LogP) is 4.20. The van der Waals surface area contributed by atoms with E-state index in [1.54, 1.807) is 12.4 Å². The fourth-order valence-electron chi connectivity index (χ4n) is 2.53. The lowest BCUT2D eigenvalue weighted by Crippen LogP contribution is -2.11. The van der Waals surface area contributed by atoms with Crippen LogP contribution in [0, 0.1) is 0 Å². The summed E-state index contributed by atoms with van der Waals surface area (Å²) in [5.74, 6) is -0.482. The van der Waals surface area contributed by atoms with Gasteiger partial charge in [0, 0.05) is 18.8 Å². The van der Waals surface area contributed by atoms with Gasteiger partial charge in [0.15, 0.2) is 0 Å². The number of hydrogen-bond acceptors (Lipinski definition) is 6. The van der Waals surface area contributed by atoms with Crippen molar-refractivity contribution in [3.63, 3.8) is 0 Å². The molecule has 0 aromatic carbocycles. The van der Waals surface area contributed by atoms with E-state index in [1.807, 2.05) is 0 Å². The zero-order valence-corrected chi connectivity index (χ0v) is 16.9. The Hall–Kier alpha value is -1.98. The Morgan fingerprint density at radius 1 is 0.778 bits per heavy atom. The lowest BCUT2D eigenvalue weighted by atomic mass is 10.2. The van der Waals surface area contributed by atoms with Crippen LogP contribution >= 0.6 is 0 Å². The third kappa shape index (κ3) is 12.1. The Bertz CT molecular complexity index is 531. The van der Waals surface area contributed by atoms with Crippen molar-refractivity contribution in [2.24, 2.45) is 0 Å². The summed E-state index contributed by atoms with van der Waals surface area (Å²) in [4.78, 5) is 32.0. The molecule has 0 atom stereocenters. The van der Waals surface area contributed by atoms with Gasteiger partial charge in [0.05, 0.1) is 37.4 Å². The van der Waals surface area contributed by atoms with Crippen molar-refractivity contribution in [1.82, 2.24) is 9.97 Å². The van der Waals surface area contributed by atoms with Crippen molar-refractivity contribution in [2.75, 3.05) is 13.2 Å². The van der Waals surface area contributed by atoms with E-state index in [2.05, 4.69) is 23.8 Å². The lowest BCUT2D eigenvalue weighted by Gasteiger charge is -2.06. The van der Waals surface area contributed by atoms with Crippen LogP contribution in [-0.2, 0) is 31.9 Å². The summed E-state index contributed by atoms with van der Waals surface area (Å²) in [5, 5.41) is 0. The van der Waals surface area contributed by atoms with Gasteiger partial charge in [-0.05, 0) is 12.8 Å². The first kappa shape index (κ1) is 23.1. The van der Waals surface area contributed by atoms with E-state index in [-0.39, 0.29) is 18.4 Å². The quantitative estimate of drug-likeness (QED) is 0.336. The van der Waals surface area contributed by atoms with Crippen LogP contribution < -0.4 is 0 Å². The molecule has 1 aromatic heterocycles. The summed E-state index contributed by atoms with van der Waals surface area (Å²) in [6.07, 6.45) is 12.8. The first-order valence-corrected chi connectivity index (χ1v) is 10.3. The molecule has 0 amide bonds. The molecule has 0 aliphatic carbocycles. The minimum atomic E-state index is -0.278. The fourth-order valence-corrected chi connectivity index (χ4v) is 2.53. The second-order valence-electron chi connectivity index (χ2n) is 6.74. The Morgan fingerprint density at radius 2 is 1.33 bits per heavy atom. The van der Waals surface area contributed by atoms with Crippen molar-refractivity contribution in [3.8, 4) is 0 Å². The SMILES string of the molecule is CCCCCCOC(=O)CCc1cnc(CC(=O)OCCCCCC)cn1. The topological polar surface area (TPSA) is 78.4 Å². The van der Waals surface area contributed by atoms with Gasteiger partial charge in [0.1, 0.15) is 0 Å². The summed E-state index contributed by atoms with van der Waals surface area (Å²) in [6.45, 7) is 5.25. The van der Waals surface area contributed by atoms with Crippen molar-refractivity contribution < 1.29 is 19.1 Å². The third-order valence-electron chi connectivity index (χ3n) is 4.19.